The van der Waals surface area contributed by atoms with Crippen molar-refractivity contribution >= 4 is 11.6 Å². The van der Waals surface area contributed by atoms with Crippen LogP contribution in [0.25, 0.3) is 11.3 Å². The molecule has 0 saturated carbocycles. The maximum Gasteiger partial charge on any atom is 0.253 e. The molecule has 0 aliphatic heterocycles. The summed E-state index contributed by atoms with van der Waals surface area (Å²) in [5.41, 5.74) is 9.73. The number of nitrogens with zero attached hydrogens (tertiary/aromatic N) is 2. The van der Waals surface area contributed by atoms with E-state index in [1.165, 1.54) is 12.1 Å². The molecular weight excluding hydrogens is 355 g/mol. The molecule has 0 fully saturated rings. The summed E-state index contributed by atoms with van der Waals surface area (Å²) in [4.78, 5) is 14.1. The van der Waals surface area contributed by atoms with Gasteiger partial charge in [0.2, 0.25) is 0 Å². The Morgan fingerprint density at radius 3 is 2.64 bits per heavy atom. The van der Waals surface area contributed by atoms with Crippen LogP contribution in [0, 0.1) is 5.82 Å². The van der Waals surface area contributed by atoms with E-state index in [0.29, 0.717) is 17.8 Å². The van der Waals surface area contributed by atoms with E-state index in [4.69, 9.17) is 5.73 Å². The Bertz CT molecular complexity index is 920. The predicted octanol–water partition coefficient (Wildman–Crippen LogP) is 4.28. The van der Waals surface area contributed by atoms with Gasteiger partial charge < -0.3 is 10.6 Å². The minimum Gasteiger partial charge on any atom is -0.399 e. The molecule has 0 atom stereocenters. The Balaban J connectivity index is 1.40. The number of anilines is 1. The fourth-order valence-corrected chi connectivity index (χ4v) is 3.09. The number of aromatic nitrogens is 2. The number of nitrogens with one attached hydrogen (secondary N) is 1. The molecular formula is C22H25FN4O. The molecule has 1 amide bonds. The van der Waals surface area contributed by atoms with Gasteiger partial charge in [-0.2, -0.15) is 5.10 Å². The van der Waals surface area contributed by atoms with Crippen LogP contribution < -0.4 is 5.73 Å². The normalized spacial score (nSPS) is 10.8. The van der Waals surface area contributed by atoms with Gasteiger partial charge in [-0.3, -0.25) is 9.89 Å². The van der Waals surface area contributed by atoms with Gasteiger partial charge in [0.15, 0.2) is 0 Å². The van der Waals surface area contributed by atoms with E-state index in [1.807, 2.05) is 13.1 Å². The van der Waals surface area contributed by atoms with E-state index in [0.717, 1.165) is 42.6 Å². The number of hydrogen-bond donors (Lipinski definition) is 2. The molecule has 2 aromatic carbocycles. The molecule has 5 nitrogen and oxygen atoms in total. The number of nitrogen functional groups attached to an aromatic ring is 1. The molecule has 3 rings (SSSR count). The second-order valence-corrected chi connectivity index (χ2v) is 6.95. The number of H-pyrrole nitrogens is 1. The summed E-state index contributed by atoms with van der Waals surface area (Å²) < 4.78 is 13.0. The highest BCUT2D eigenvalue weighted by Crippen LogP contribution is 2.19. The lowest BCUT2D eigenvalue weighted by Crippen LogP contribution is -2.27. The molecule has 3 N–H and O–H groups in total. The smallest absolute Gasteiger partial charge is 0.253 e. The number of benzene rings is 2. The average Bonchev–Trinajstić information content (AvgIpc) is 3.16. The first-order chi connectivity index (χ1) is 13.5. The summed E-state index contributed by atoms with van der Waals surface area (Å²) in [6.45, 7) is 0.706. The minimum atomic E-state index is -0.251. The summed E-state index contributed by atoms with van der Waals surface area (Å²) in [7, 11) is 1.81. The summed E-state index contributed by atoms with van der Waals surface area (Å²) in [5.74, 6) is -0.261. The van der Waals surface area contributed by atoms with Gasteiger partial charge in [-0.05, 0) is 67.8 Å². The van der Waals surface area contributed by atoms with Crippen LogP contribution in [0.2, 0.25) is 0 Å². The third-order valence-electron chi connectivity index (χ3n) is 4.69. The van der Waals surface area contributed by atoms with Gasteiger partial charge in [0.05, 0.1) is 5.69 Å². The molecule has 0 aliphatic carbocycles. The van der Waals surface area contributed by atoms with Gasteiger partial charge in [0.25, 0.3) is 5.91 Å². The van der Waals surface area contributed by atoms with Crippen LogP contribution in [-0.2, 0) is 6.42 Å². The summed E-state index contributed by atoms with van der Waals surface area (Å²) in [6.07, 6.45) is 3.84. The third-order valence-corrected chi connectivity index (χ3v) is 4.69. The molecule has 1 heterocycles. The lowest BCUT2D eigenvalue weighted by molar-refractivity contribution is 0.0792. The first-order valence-electron chi connectivity index (χ1n) is 9.44. The zero-order valence-corrected chi connectivity index (χ0v) is 16.0. The molecule has 0 unspecified atom stereocenters. The standard InChI is InChI=1S/C22H25FN4O/c1-27(22(28)17-6-5-7-19(24)14-17)13-4-2-3-8-20-15-21(26-25-20)16-9-11-18(23)12-10-16/h5-7,9-12,14-15H,2-4,8,13,24H2,1H3,(H,25,26). The van der Waals surface area contributed by atoms with Crippen molar-refractivity contribution in [2.24, 2.45) is 0 Å². The molecule has 1 aromatic heterocycles. The topological polar surface area (TPSA) is 75.0 Å². The van der Waals surface area contributed by atoms with Crippen LogP contribution in [0.3, 0.4) is 0 Å². The fourth-order valence-electron chi connectivity index (χ4n) is 3.09. The molecule has 0 saturated heterocycles. The highest BCUT2D eigenvalue weighted by Gasteiger charge is 2.11. The van der Waals surface area contributed by atoms with Crippen LogP contribution in [0.15, 0.2) is 54.6 Å². The van der Waals surface area contributed by atoms with Crippen molar-refractivity contribution in [3.63, 3.8) is 0 Å². The number of amides is 1. The minimum absolute atomic E-state index is 0.00944. The monoisotopic (exact) mass is 380 g/mol. The average molecular weight is 380 g/mol. The quantitative estimate of drug-likeness (QED) is 0.452. The zero-order valence-electron chi connectivity index (χ0n) is 16.0. The number of nitrogens with two attached hydrogens (primary N) is 1. The van der Waals surface area contributed by atoms with E-state index < -0.39 is 0 Å². The number of rotatable bonds is 8. The highest BCUT2D eigenvalue weighted by molar-refractivity contribution is 5.94. The lowest BCUT2D eigenvalue weighted by atomic mass is 10.1. The van der Waals surface area contributed by atoms with Gasteiger partial charge >= 0.3 is 0 Å². The van der Waals surface area contributed by atoms with Gasteiger partial charge in [0, 0.05) is 36.1 Å². The molecule has 0 spiro atoms. The first-order valence-corrected chi connectivity index (χ1v) is 9.44. The van der Waals surface area contributed by atoms with Crippen LogP contribution in [0.4, 0.5) is 10.1 Å². The van der Waals surface area contributed by atoms with E-state index >= 15 is 0 Å². The second-order valence-electron chi connectivity index (χ2n) is 6.95. The molecule has 28 heavy (non-hydrogen) atoms. The van der Waals surface area contributed by atoms with E-state index in [1.54, 1.807) is 41.3 Å². The number of halogens is 1. The molecule has 0 aliphatic rings. The van der Waals surface area contributed by atoms with Crippen molar-refractivity contribution in [3.05, 3.63) is 71.7 Å². The molecule has 0 bridgehead atoms. The number of aromatic amines is 1. The Labute approximate surface area is 164 Å². The van der Waals surface area contributed by atoms with Crippen molar-refractivity contribution in [1.82, 2.24) is 15.1 Å². The van der Waals surface area contributed by atoms with Gasteiger partial charge in [0.1, 0.15) is 5.82 Å². The van der Waals surface area contributed by atoms with Gasteiger partial charge in [-0.25, -0.2) is 4.39 Å². The third kappa shape index (κ3) is 5.19. The van der Waals surface area contributed by atoms with Crippen LogP contribution in [0.5, 0.6) is 0 Å². The lowest BCUT2D eigenvalue weighted by Gasteiger charge is -2.17. The predicted molar refractivity (Wildman–Crippen MR) is 109 cm³/mol. The van der Waals surface area contributed by atoms with E-state index in [-0.39, 0.29) is 11.7 Å². The summed E-state index contributed by atoms with van der Waals surface area (Å²) >= 11 is 0. The van der Waals surface area contributed by atoms with Crippen molar-refractivity contribution in [2.75, 3.05) is 19.3 Å². The zero-order chi connectivity index (χ0) is 19.9. The van der Waals surface area contributed by atoms with E-state index in [9.17, 15) is 9.18 Å². The molecule has 0 radical (unpaired) electrons. The number of carbonyl (C=O) groups is 1. The Morgan fingerprint density at radius 2 is 1.89 bits per heavy atom. The summed E-state index contributed by atoms with van der Waals surface area (Å²) in [6, 6.07) is 15.4. The fraction of sp³-hybridized carbons (Fsp3) is 0.273. The van der Waals surface area contributed by atoms with Crippen LogP contribution in [0.1, 0.15) is 35.3 Å². The number of hydrogen-bond acceptors (Lipinski definition) is 3. The van der Waals surface area contributed by atoms with Gasteiger partial charge in [-0.15, -0.1) is 0 Å². The molecule has 3 aromatic rings. The van der Waals surface area contributed by atoms with Crippen molar-refractivity contribution < 1.29 is 9.18 Å². The van der Waals surface area contributed by atoms with Crippen molar-refractivity contribution in [2.45, 2.75) is 25.7 Å². The maximum atomic E-state index is 13.0. The SMILES string of the molecule is CN(CCCCCc1cc(-c2ccc(F)cc2)n[nH]1)C(=O)c1cccc(N)c1. The molecule has 146 valence electrons. The Morgan fingerprint density at radius 1 is 1.11 bits per heavy atom. The van der Waals surface area contributed by atoms with Crippen LogP contribution >= 0.6 is 0 Å². The van der Waals surface area contributed by atoms with Gasteiger partial charge in [-0.1, -0.05) is 12.5 Å². The second kappa shape index (κ2) is 9.17. The molecule has 6 heteroatoms. The Hall–Kier alpha value is -3.15. The number of aryl methyl sites for hydroxylation is 1. The number of unbranched alkanes of at least 4 members (excludes halogenated alkanes) is 2. The van der Waals surface area contributed by atoms with Crippen molar-refractivity contribution in [3.8, 4) is 11.3 Å². The number of carbonyl (C=O) groups excluding carboxylic acids is 1. The summed E-state index contributed by atoms with van der Waals surface area (Å²) in [5, 5.41) is 7.34. The van der Waals surface area contributed by atoms with Crippen molar-refractivity contribution in [1.29, 1.82) is 0 Å². The highest BCUT2D eigenvalue weighted by atomic mass is 19.1. The van der Waals surface area contributed by atoms with E-state index in [2.05, 4.69) is 10.2 Å². The Kier molecular flexibility index (Phi) is 6.42. The largest absolute Gasteiger partial charge is 0.399 e. The first kappa shape index (κ1) is 19.6. The maximum absolute atomic E-state index is 13.0. The van der Waals surface area contributed by atoms with Crippen LogP contribution in [-0.4, -0.2) is 34.6 Å².